The van der Waals surface area contributed by atoms with Gasteiger partial charge in [0.2, 0.25) is 0 Å². The van der Waals surface area contributed by atoms with Crippen molar-refractivity contribution in [3.8, 4) is 0 Å². The van der Waals surface area contributed by atoms with Gasteiger partial charge < -0.3 is 14.9 Å². The molecule has 0 bridgehead atoms. The van der Waals surface area contributed by atoms with Crippen molar-refractivity contribution in [3.05, 3.63) is 0 Å². The molecule has 0 saturated heterocycles. The van der Waals surface area contributed by atoms with Crippen LogP contribution in [0.2, 0.25) is 0 Å². The second kappa shape index (κ2) is 10.9. The van der Waals surface area contributed by atoms with Crippen LogP contribution in [0.15, 0.2) is 0 Å². The Morgan fingerprint density at radius 2 is 1.58 bits per heavy atom. The normalized spacial score (nSPS) is 12.2. The van der Waals surface area contributed by atoms with E-state index >= 15 is 0 Å². The SMILES string of the molecule is CC(C)O.CCCOCC(C)O. The third-order valence-corrected chi connectivity index (χ3v) is 0.708. The molecule has 0 aromatic rings. The van der Waals surface area contributed by atoms with Gasteiger partial charge in [-0.25, -0.2) is 0 Å². The van der Waals surface area contributed by atoms with Gasteiger partial charge >= 0.3 is 0 Å². The highest BCUT2D eigenvalue weighted by atomic mass is 16.5. The second-order valence-electron chi connectivity index (χ2n) is 3.02. The summed E-state index contributed by atoms with van der Waals surface area (Å²) in [4.78, 5) is 0. The largest absolute Gasteiger partial charge is 0.394 e. The molecule has 3 nitrogen and oxygen atoms in total. The molecule has 0 spiro atoms. The molecular weight excluding hydrogens is 156 g/mol. The highest BCUT2D eigenvalue weighted by Crippen LogP contribution is 1.83. The number of hydrogen-bond acceptors (Lipinski definition) is 3. The molecule has 0 amide bonds. The van der Waals surface area contributed by atoms with Crippen molar-refractivity contribution < 1.29 is 14.9 Å². The molecule has 0 fully saturated rings. The summed E-state index contributed by atoms with van der Waals surface area (Å²) in [6.45, 7) is 8.43. The van der Waals surface area contributed by atoms with E-state index in [2.05, 4.69) is 0 Å². The van der Waals surface area contributed by atoms with E-state index in [1.54, 1.807) is 20.8 Å². The van der Waals surface area contributed by atoms with Gasteiger partial charge in [-0.1, -0.05) is 6.92 Å². The van der Waals surface area contributed by atoms with Crippen molar-refractivity contribution >= 4 is 0 Å². The van der Waals surface area contributed by atoms with E-state index in [9.17, 15) is 0 Å². The molecular formula is C9H22O3. The minimum atomic E-state index is -0.318. The third-order valence-electron chi connectivity index (χ3n) is 0.708. The van der Waals surface area contributed by atoms with Gasteiger partial charge in [0.25, 0.3) is 0 Å². The Bertz CT molecular complexity index is 69.4. The van der Waals surface area contributed by atoms with Gasteiger partial charge in [0, 0.05) is 12.7 Å². The predicted molar refractivity (Wildman–Crippen MR) is 50.1 cm³/mol. The van der Waals surface area contributed by atoms with Crippen molar-refractivity contribution in [2.45, 2.75) is 46.3 Å². The van der Waals surface area contributed by atoms with Crippen molar-refractivity contribution in [1.82, 2.24) is 0 Å². The van der Waals surface area contributed by atoms with Crippen LogP contribution in [0.3, 0.4) is 0 Å². The Labute approximate surface area is 75.4 Å². The lowest BCUT2D eigenvalue weighted by Crippen LogP contribution is -2.10. The molecule has 1 unspecified atom stereocenters. The van der Waals surface area contributed by atoms with Crippen LogP contribution in [0.1, 0.15) is 34.1 Å². The standard InChI is InChI=1S/C6H14O2.C3H8O/c1-3-4-8-5-6(2)7;1-3(2)4/h6-7H,3-5H2,1-2H3;3-4H,1-2H3. The molecule has 0 aliphatic heterocycles. The molecule has 0 radical (unpaired) electrons. The predicted octanol–water partition coefficient (Wildman–Crippen LogP) is 1.18. The fourth-order valence-electron chi connectivity index (χ4n) is 0.398. The maximum Gasteiger partial charge on any atom is 0.0745 e. The smallest absolute Gasteiger partial charge is 0.0745 e. The molecule has 2 N–H and O–H groups in total. The van der Waals surface area contributed by atoms with Gasteiger partial charge in [-0.3, -0.25) is 0 Å². The number of aliphatic hydroxyl groups is 2. The Balaban J connectivity index is 0. The van der Waals surface area contributed by atoms with Gasteiger partial charge in [-0.15, -0.1) is 0 Å². The number of rotatable bonds is 4. The minimum Gasteiger partial charge on any atom is -0.394 e. The number of aliphatic hydroxyl groups excluding tert-OH is 2. The van der Waals surface area contributed by atoms with E-state index in [-0.39, 0.29) is 12.2 Å². The maximum absolute atomic E-state index is 8.65. The summed E-state index contributed by atoms with van der Waals surface area (Å²) in [6, 6.07) is 0. The first kappa shape index (κ1) is 14.4. The van der Waals surface area contributed by atoms with E-state index in [1.165, 1.54) is 0 Å². The highest BCUT2D eigenvalue weighted by molar-refractivity contribution is 4.39. The maximum atomic E-state index is 8.65. The zero-order chi connectivity index (χ0) is 9.98. The van der Waals surface area contributed by atoms with E-state index in [4.69, 9.17) is 14.9 Å². The van der Waals surface area contributed by atoms with Crippen LogP contribution in [0.4, 0.5) is 0 Å². The first-order chi connectivity index (χ1) is 5.50. The van der Waals surface area contributed by atoms with Crippen LogP contribution in [0.5, 0.6) is 0 Å². The molecule has 12 heavy (non-hydrogen) atoms. The third kappa shape index (κ3) is 32.7. The quantitative estimate of drug-likeness (QED) is 0.636. The fraction of sp³-hybridized carbons (Fsp3) is 1.00. The summed E-state index contributed by atoms with van der Waals surface area (Å²) in [7, 11) is 0. The average Bonchev–Trinajstić information content (AvgIpc) is 1.86. The second-order valence-corrected chi connectivity index (χ2v) is 3.02. The average molecular weight is 178 g/mol. The van der Waals surface area contributed by atoms with Crippen molar-refractivity contribution in [2.24, 2.45) is 0 Å². The first-order valence-corrected chi connectivity index (χ1v) is 4.44. The van der Waals surface area contributed by atoms with Crippen LogP contribution in [-0.4, -0.2) is 35.6 Å². The van der Waals surface area contributed by atoms with Crippen LogP contribution < -0.4 is 0 Å². The summed E-state index contributed by atoms with van der Waals surface area (Å²) in [5.41, 5.74) is 0. The van der Waals surface area contributed by atoms with Gasteiger partial charge in [-0.2, -0.15) is 0 Å². The summed E-state index contributed by atoms with van der Waals surface area (Å²) in [6.07, 6.45) is 0.536. The zero-order valence-corrected chi connectivity index (χ0v) is 8.58. The van der Waals surface area contributed by atoms with Gasteiger partial charge in [0.15, 0.2) is 0 Å². The fourth-order valence-corrected chi connectivity index (χ4v) is 0.398. The highest BCUT2D eigenvalue weighted by Gasteiger charge is 1.91. The Hall–Kier alpha value is -0.120. The van der Waals surface area contributed by atoms with E-state index < -0.39 is 0 Å². The van der Waals surface area contributed by atoms with Crippen LogP contribution in [-0.2, 0) is 4.74 Å². The van der Waals surface area contributed by atoms with E-state index in [0.29, 0.717) is 6.61 Å². The van der Waals surface area contributed by atoms with Gasteiger partial charge in [0.1, 0.15) is 0 Å². The molecule has 0 rings (SSSR count). The lowest BCUT2D eigenvalue weighted by atomic mass is 10.4. The first-order valence-electron chi connectivity index (χ1n) is 4.44. The minimum absolute atomic E-state index is 0.167. The molecule has 0 saturated carbocycles. The topological polar surface area (TPSA) is 49.7 Å². The molecule has 1 atom stereocenters. The van der Waals surface area contributed by atoms with Crippen molar-refractivity contribution in [2.75, 3.05) is 13.2 Å². The van der Waals surface area contributed by atoms with Gasteiger partial charge in [-0.05, 0) is 27.2 Å². The summed E-state index contributed by atoms with van der Waals surface area (Å²) >= 11 is 0. The van der Waals surface area contributed by atoms with E-state index in [0.717, 1.165) is 13.0 Å². The Kier molecular flexibility index (Phi) is 13.1. The van der Waals surface area contributed by atoms with Crippen molar-refractivity contribution in [1.29, 1.82) is 0 Å². The monoisotopic (exact) mass is 178 g/mol. The molecule has 76 valence electrons. The molecule has 0 aliphatic carbocycles. The lowest BCUT2D eigenvalue weighted by Gasteiger charge is -2.02. The molecule has 0 aliphatic rings. The summed E-state index contributed by atoms with van der Waals surface area (Å²) in [5.74, 6) is 0. The Morgan fingerprint density at radius 1 is 1.17 bits per heavy atom. The lowest BCUT2D eigenvalue weighted by molar-refractivity contribution is 0.0466. The number of hydrogen-bond donors (Lipinski definition) is 2. The Morgan fingerprint density at radius 3 is 1.83 bits per heavy atom. The van der Waals surface area contributed by atoms with Gasteiger partial charge in [0.05, 0.1) is 12.7 Å². The van der Waals surface area contributed by atoms with Crippen LogP contribution in [0, 0.1) is 0 Å². The summed E-state index contributed by atoms with van der Waals surface area (Å²) < 4.78 is 4.99. The molecule has 0 aromatic carbocycles. The van der Waals surface area contributed by atoms with E-state index in [1.807, 2.05) is 6.92 Å². The molecule has 0 aromatic heterocycles. The zero-order valence-electron chi connectivity index (χ0n) is 8.58. The van der Waals surface area contributed by atoms with Crippen LogP contribution >= 0.6 is 0 Å². The molecule has 0 heterocycles. The van der Waals surface area contributed by atoms with Crippen molar-refractivity contribution in [3.63, 3.8) is 0 Å². The number of ether oxygens (including phenoxy) is 1. The molecule has 3 heteroatoms. The summed E-state index contributed by atoms with van der Waals surface area (Å²) in [5, 5.41) is 16.7. The van der Waals surface area contributed by atoms with Crippen LogP contribution in [0.25, 0.3) is 0 Å².